The zero-order chi connectivity index (χ0) is 10.1. The molecule has 2 aromatic heterocycles. The average molecular weight is 254 g/mol. The third kappa shape index (κ3) is 1.55. The Morgan fingerprint density at radius 3 is 3.07 bits per heavy atom. The molecule has 0 spiro atoms. The van der Waals surface area contributed by atoms with Crippen LogP contribution in [0.4, 0.5) is 0 Å². The van der Waals surface area contributed by atoms with E-state index in [4.69, 9.17) is 5.73 Å². The molecule has 0 fully saturated rings. The van der Waals surface area contributed by atoms with Gasteiger partial charge in [0, 0.05) is 29.0 Å². The van der Waals surface area contributed by atoms with Gasteiger partial charge in [-0.2, -0.15) is 0 Å². The Bertz CT molecular complexity index is 462. The van der Waals surface area contributed by atoms with Gasteiger partial charge in [-0.1, -0.05) is 0 Å². The third-order valence-electron chi connectivity index (χ3n) is 2.27. The zero-order valence-electron chi connectivity index (χ0n) is 8.00. The number of nitrogens with two attached hydrogens (primary N) is 1. The second-order valence-electron chi connectivity index (χ2n) is 3.32. The number of rotatable bonds is 2. The summed E-state index contributed by atoms with van der Waals surface area (Å²) < 4.78 is 3.17. The fraction of sp³-hybridized carbons (Fsp3) is 0.300. The summed E-state index contributed by atoms with van der Waals surface area (Å²) in [5.41, 5.74) is 8.86. The molecule has 0 aliphatic carbocycles. The number of halogens is 1. The number of fused-ring (bicyclic) bond motifs is 1. The molecule has 2 rings (SSSR count). The minimum Gasteiger partial charge on any atom is -0.330 e. The fourth-order valence-corrected chi connectivity index (χ4v) is 1.80. The topological polar surface area (TPSA) is 43.3 Å². The van der Waals surface area contributed by atoms with Crippen LogP contribution < -0.4 is 5.73 Å². The van der Waals surface area contributed by atoms with E-state index in [1.807, 2.05) is 12.4 Å². The van der Waals surface area contributed by atoms with Gasteiger partial charge in [0.1, 0.15) is 5.65 Å². The summed E-state index contributed by atoms with van der Waals surface area (Å²) in [6, 6.07) is 2.06. The fourth-order valence-electron chi connectivity index (χ4n) is 1.48. The molecule has 0 saturated carbocycles. The van der Waals surface area contributed by atoms with Crippen molar-refractivity contribution in [3.05, 3.63) is 34.2 Å². The van der Waals surface area contributed by atoms with Crippen molar-refractivity contribution in [3.63, 3.8) is 0 Å². The minimum absolute atomic E-state index is 0.652. The van der Waals surface area contributed by atoms with E-state index in [1.165, 1.54) is 5.56 Å². The van der Waals surface area contributed by atoms with Gasteiger partial charge >= 0.3 is 0 Å². The summed E-state index contributed by atoms with van der Waals surface area (Å²) in [4.78, 5) is 4.33. The van der Waals surface area contributed by atoms with Gasteiger partial charge < -0.3 is 10.1 Å². The predicted molar refractivity (Wildman–Crippen MR) is 60.4 cm³/mol. The Balaban J connectivity index is 2.61. The molecule has 0 unspecified atom stereocenters. The lowest BCUT2D eigenvalue weighted by molar-refractivity contribution is 0.902. The smallest absolute Gasteiger partial charge is 0.137 e. The van der Waals surface area contributed by atoms with Crippen LogP contribution in [0.25, 0.3) is 5.65 Å². The van der Waals surface area contributed by atoms with E-state index in [-0.39, 0.29) is 0 Å². The zero-order valence-corrected chi connectivity index (χ0v) is 9.58. The highest BCUT2D eigenvalue weighted by Crippen LogP contribution is 2.18. The lowest BCUT2D eigenvalue weighted by Gasteiger charge is -2.02. The summed E-state index contributed by atoms with van der Waals surface area (Å²) in [5, 5.41) is 0. The highest BCUT2D eigenvalue weighted by molar-refractivity contribution is 9.10. The second kappa shape index (κ2) is 3.71. The molecule has 0 bridgehead atoms. The van der Waals surface area contributed by atoms with Crippen LogP contribution in [0.3, 0.4) is 0 Å². The number of hydrogen-bond donors (Lipinski definition) is 1. The van der Waals surface area contributed by atoms with Crippen molar-refractivity contribution in [1.29, 1.82) is 0 Å². The summed E-state index contributed by atoms with van der Waals surface area (Å²) in [7, 11) is 0. The maximum Gasteiger partial charge on any atom is 0.137 e. The SMILES string of the molecule is Cc1cc2ncc(CCN)n2cc1Br. The first kappa shape index (κ1) is 9.68. The quantitative estimate of drug-likeness (QED) is 0.889. The molecule has 4 heteroatoms. The first-order valence-electron chi connectivity index (χ1n) is 4.54. The van der Waals surface area contributed by atoms with Crippen LogP contribution >= 0.6 is 15.9 Å². The first-order chi connectivity index (χ1) is 6.72. The molecule has 0 amide bonds. The van der Waals surface area contributed by atoms with Gasteiger partial charge in [-0.25, -0.2) is 4.98 Å². The first-order valence-corrected chi connectivity index (χ1v) is 5.34. The van der Waals surface area contributed by atoms with Crippen molar-refractivity contribution in [2.45, 2.75) is 13.3 Å². The van der Waals surface area contributed by atoms with Gasteiger partial charge in [-0.05, 0) is 41.0 Å². The van der Waals surface area contributed by atoms with Crippen LogP contribution in [-0.4, -0.2) is 15.9 Å². The van der Waals surface area contributed by atoms with Crippen molar-refractivity contribution in [2.24, 2.45) is 5.73 Å². The van der Waals surface area contributed by atoms with Crippen LogP contribution in [0.5, 0.6) is 0 Å². The molecule has 0 atom stereocenters. The van der Waals surface area contributed by atoms with Crippen LogP contribution in [0, 0.1) is 6.92 Å². The van der Waals surface area contributed by atoms with Crippen molar-refractivity contribution in [3.8, 4) is 0 Å². The Morgan fingerprint density at radius 1 is 1.57 bits per heavy atom. The van der Waals surface area contributed by atoms with E-state index in [2.05, 4.69) is 38.3 Å². The largest absolute Gasteiger partial charge is 0.330 e. The Labute approximate surface area is 91.1 Å². The molecule has 0 saturated heterocycles. The molecule has 2 aromatic rings. The molecule has 14 heavy (non-hydrogen) atoms. The van der Waals surface area contributed by atoms with E-state index in [1.54, 1.807) is 0 Å². The summed E-state index contributed by atoms with van der Waals surface area (Å²) in [6.45, 7) is 2.71. The van der Waals surface area contributed by atoms with E-state index < -0.39 is 0 Å². The lowest BCUT2D eigenvalue weighted by atomic mass is 10.3. The van der Waals surface area contributed by atoms with E-state index >= 15 is 0 Å². The Kier molecular flexibility index (Phi) is 2.56. The molecule has 0 aliphatic heterocycles. The van der Waals surface area contributed by atoms with Crippen LogP contribution in [0.1, 0.15) is 11.3 Å². The molecule has 2 N–H and O–H groups in total. The van der Waals surface area contributed by atoms with E-state index in [0.717, 1.165) is 22.2 Å². The van der Waals surface area contributed by atoms with Gasteiger partial charge in [0.2, 0.25) is 0 Å². The van der Waals surface area contributed by atoms with Crippen molar-refractivity contribution in [2.75, 3.05) is 6.54 Å². The van der Waals surface area contributed by atoms with Gasteiger partial charge in [0.15, 0.2) is 0 Å². The molecular formula is C10H12BrN3. The monoisotopic (exact) mass is 253 g/mol. The van der Waals surface area contributed by atoms with Crippen LogP contribution in [0.15, 0.2) is 22.9 Å². The summed E-state index contributed by atoms with van der Waals surface area (Å²) >= 11 is 3.51. The van der Waals surface area contributed by atoms with Crippen LogP contribution in [-0.2, 0) is 6.42 Å². The summed E-state index contributed by atoms with van der Waals surface area (Å²) in [5.74, 6) is 0. The van der Waals surface area contributed by atoms with Gasteiger partial charge in [-0.15, -0.1) is 0 Å². The normalized spacial score (nSPS) is 11.1. The van der Waals surface area contributed by atoms with Gasteiger partial charge in [0.25, 0.3) is 0 Å². The highest BCUT2D eigenvalue weighted by atomic mass is 79.9. The molecule has 0 radical (unpaired) electrons. The molecule has 74 valence electrons. The molecular weight excluding hydrogens is 242 g/mol. The standard InChI is InChI=1S/C10H12BrN3/c1-7-4-10-13-5-8(2-3-12)14(10)6-9(7)11/h4-6H,2-3,12H2,1H3. The van der Waals surface area contributed by atoms with Crippen LogP contribution in [0.2, 0.25) is 0 Å². The highest BCUT2D eigenvalue weighted by Gasteiger charge is 2.04. The second-order valence-corrected chi connectivity index (χ2v) is 4.18. The molecule has 0 aromatic carbocycles. The number of pyridine rings is 1. The molecule has 3 nitrogen and oxygen atoms in total. The van der Waals surface area contributed by atoms with E-state index in [9.17, 15) is 0 Å². The van der Waals surface area contributed by atoms with Crippen molar-refractivity contribution < 1.29 is 0 Å². The maximum absolute atomic E-state index is 5.53. The number of nitrogens with zero attached hydrogens (tertiary/aromatic N) is 2. The van der Waals surface area contributed by atoms with E-state index in [0.29, 0.717) is 6.54 Å². The predicted octanol–water partition coefficient (Wildman–Crippen LogP) is 1.91. The Hall–Kier alpha value is -0.870. The minimum atomic E-state index is 0.652. The lowest BCUT2D eigenvalue weighted by Crippen LogP contribution is -2.05. The van der Waals surface area contributed by atoms with Gasteiger partial charge in [-0.3, -0.25) is 0 Å². The number of hydrogen-bond acceptors (Lipinski definition) is 2. The van der Waals surface area contributed by atoms with Crippen molar-refractivity contribution in [1.82, 2.24) is 9.38 Å². The summed E-state index contributed by atoms with van der Waals surface area (Å²) in [6.07, 6.45) is 4.79. The molecule has 0 aliphatic rings. The van der Waals surface area contributed by atoms with Gasteiger partial charge in [0.05, 0.1) is 0 Å². The number of imidazole rings is 1. The maximum atomic E-state index is 5.53. The molecule has 2 heterocycles. The number of aryl methyl sites for hydroxylation is 1. The third-order valence-corrected chi connectivity index (χ3v) is 3.10. The average Bonchev–Trinajstić information content (AvgIpc) is 2.51. The Morgan fingerprint density at radius 2 is 2.36 bits per heavy atom. The van der Waals surface area contributed by atoms with Crippen molar-refractivity contribution >= 4 is 21.6 Å². The number of aromatic nitrogens is 2.